The third kappa shape index (κ3) is 4.97. The molecule has 7 heteroatoms. The summed E-state index contributed by atoms with van der Waals surface area (Å²) in [4.78, 5) is 27.2. The van der Waals surface area contributed by atoms with Crippen molar-refractivity contribution in [1.29, 1.82) is 0 Å². The molecule has 4 rings (SSSR count). The van der Waals surface area contributed by atoms with Crippen LogP contribution >= 0.6 is 11.6 Å². The van der Waals surface area contributed by atoms with Crippen molar-refractivity contribution in [3.8, 4) is 5.69 Å². The first-order valence-corrected chi connectivity index (χ1v) is 10.8. The first-order valence-electron chi connectivity index (χ1n) is 10.4. The second-order valence-corrected chi connectivity index (χ2v) is 8.48. The Kier molecular flexibility index (Phi) is 6.09. The average molecular weight is 437 g/mol. The van der Waals surface area contributed by atoms with Crippen LogP contribution in [0.25, 0.3) is 5.69 Å². The third-order valence-corrected chi connectivity index (χ3v) is 5.75. The zero-order valence-corrected chi connectivity index (χ0v) is 18.4. The van der Waals surface area contributed by atoms with Crippen LogP contribution in [-0.4, -0.2) is 28.8 Å². The highest BCUT2D eigenvalue weighted by molar-refractivity contribution is 6.30. The molecule has 1 aromatic heterocycles. The Bertz CT molecular complexity index is 1150. The molecule has 0 radical (unpaired) electrons. The van der Waals surface area contributed by atoms with Gasteiger partial charge in [0.05, 0.1) is 5.69 Å². The number of halogens is 1. The van der Waals surface area contributed by atoms with Gasteiger partial charge in [-0.05, 0) is 74.2 Å². The standard InChI is InChI=1S/C24H25ClN4O2/c1-16-12-17(2)14-20(13-16)26-24(31)18-8-10-28(11-9-18)22-6-7-23(30)29(27-22)21-5-3-4-19(25)15-21/h3-7,12-15,18H,8-11H2,1-2H3,(H,26,31). The molecule has 1 fully saturated rings. The fourth-order valence-electron chi connectivity index (χ4n) is 4.02. The van der Waals surface area contributed by atoms with E-state index in [1.165, 1.54) is 10.7 Å². The Morgan fingerprint density at radius 1 is 1.03 bits per heavy atom. The van der Waals surface area contributed by atoms with Crippen LogP contribution in [0.3, 0.4) is 0 Å². The van der Waals surface area contributed by atoms with Crippen LogP contribution in [0.2, 0.25) is 5.02 Å². The lowest BCUT2D eigenvalue weighted by Crippen LogP contribution is -2.39. The number of benzene rings is 2. The van der Waals surface area contributed by atoms with E-state index < -0.39 is 0 Å². The van der Waals surface area contributed by atoms with E-state index in [1.54, 1.807) is 30.3 Å². The van der Waals surface area contributed by atoms with Gasteiger partial charge < -0.3 is 10.2 Å². The lowest BCUT2D eigenvalue weighted by Gasteiger charge is -2.32. The lowest BCUT2D eigenvalue weighted by atomic mass is 9.95. The first-order chi connectivity index (χ1) is 14.9. The molecule has 0 aliphatic carbocycles. The van der Waals surface area contributed by atoms with E-state index in [9.17, 15) is 9.59 Å². The smallest absolute Gasteiger partial charge is 0.271 e. The van der Waals surface area contributed by atoms with Gasteiger partial charge in [-0.3, -0.25) is 9.59 Å². The number of nitrogens with zero attached hydrogens (tertiary/aromatic N) is 3. The van der Waals surface area contributed by atoms with Crippen molar-refractivity contribution in [1.82, 2.24) is 9.78 Å². The third-order valence-electron chi connectivity index (χ3n) is 5.52. The molecule has 1 aliphatic rings. The maximum Gasteiger partial charge on any atom is 0.271 e. The van der Waals surface area contributed by atoms with Gasteiger partial charge in [-0.15, -0.1) is 5.10 Å². The monoisotopic (exact) mass is 436 g/mol. The van der Waals surface area contributed by atoms with Crippen molar-refractivity contribution in [2.75, 3.05) is 23.3 Å². The fraction of sp³-hybridized carbons (Fsp3) is 0.292. The number of anilines is 2. The van der Waals surface area contributed by atoms with Crippen molar-refractivity contribution >= 4 is 29.0 Å². The van der Waals surface area contributed by atoms with Crippen LogP contribution in [-0.2, 0) is 4.79 Å². The molecule has 160 valence electrons. The Morgan fingerprint density at radius 2 is 1.74 bits per heavy atom. The van der Waals surface area contributed by atoms with Crippen LogP contribution in [0.4, 0.5) is 11.5 Å². The summed E-state index contributed by atoms with van der Waals surface area (Å²) in [6, 6.07) is 16.4. The zero-order chi connectivity index (χ0) is 22.0. The number of aryl methyl sites for hydroxylation is 2. The molecule has 2 heterocycles. The fourth-order valence-corrected chi connectivity index (χ4v) is 4.21. The second-order valence-electron chi connectivity index (χ2n) is 8.05. The molecule has 1 aliphatic heterocycles. The van der Waals surface area contributed by atoms with Crippen molar-refractivity contribution in [3.63, 3.8) is 0 Å². The molecule has 3 aromatic rings. The molecular formula is C24H25ClN4O2. The molecule has 31 heavy (non-hydrogen) atoms. The highest BCUT2D eigenvalue weighted by Crippen LogP contribution is 2.24. The van der Waals surface area contributed by atoms with Gasteiger partial charge in [0.2, 0.25) is 5.91 Å². The summed E-state index contributed by atoms with van der Waals surface area (Å²) in [6.45, 7) is 5.45. The van der Waals surface area contributed by atoms with E-state index in [1.807, 2.05) is 26.0 Å². The van der Waals surface area contributed by atoms with E-state index in [4.69, 9.17) is 11.6 Å². The van der Waals surface area contributed by atoms with Gasteiger partial charge in [0.15, 0.2) is 0 Å². The van der Waals surface area contributed by atoms with Gasteiger partial charge >= 0.3 is 0 Å². The number of amides is 1. The number of rotatable bonds is 4. The van der Waals surface area contributed by atoms with E-state index in [2.05, 4.69) is 21.4 Å². The molecule has 0 unspecified atom stereocenters. The predicted molar refractivity (Wildman–Crippen MR) is 124 cm³/mol. The van der Waals surface area contributed by atoms with Crippen molar-refractivity contribution in [2.24, 2.45) is 5.92 Å². The SMILES string of the molecule is Cc1cc(C)cc(NC(=O)C2CCN(c3ccc(=O)n(-c4cccc(Cl)c4)n3)CC2)c1. The summed E-state index contributed by atoms with van der Waals surface area (Å²) in [5.41, 5.74) is 3.52. The number of aromatic nitrogens is 2. The Labute approximate surface area is 186 Å². The molecule has 6 nitrogen and oxygen atoms in total. The Morgan fingerprint density at radius 3 is 2.42 bits per heavy atom. The number of carbonyl (C=O) groups excluding carboxylic acids is 1. The largest absolute Gasteiger partial charge is 0.355 e. The summed E-state index contributed by atoms with van der Waals surface area (Å²) in [5.74, 6) is 0.727. The molecule has 1 N–H and O–H groups in total. The Balaban J connectivity index is 1.43. The normalized spacial score (nSPS) is 14.5. The summed E-state index contributed by atoms with van der Waals surface area (Å²) in [7, 11) is 0. The van der Waals surface area contributed by atoms with Crippen LogP contribution in [0.15, 0.2) is 59.4 Å². The summed E-state index contributed by atoms with van der Waals surface area (Å²) >= 11 is 6.07. The quantitative estimate of drug-likeness (QED) is 0.660. The number of hydrogen-bond acceptors (Lipinski definition) is 4. The van der Waals surface area contributed by atoms with Gasteiger partial charge in [0, 0.05) is 35.8 Å². The van der Waals surface area contributed by atoms with Gasteiger partial charge in [-0.1, -0.05) is 23.7 Å². The number of hydrogen-bond donors (Lipinski definition) is 1. The summed E-state index contributed by atoms with van der Waals surface area (Å²) < 4.78 is 1.36. The van der Waals surface area contributed by atoms with Crippen LogP contribution in [0.5, 0.6) is 0 Å². The minimum absolute atomic E-state index is 0.0455. The molecule has 1 saturated heterocycles. The number of nitrogens with one attached hydrogen (secondary N) is 1. The topological polar surface area (TPSA) is 67.2 Å². The van der Waals surface area contributed by atoms with E-state index in [-0.39, 0.29) is 17.4 Å². The predicted octanol–water partition coefficient (Wildman–Crippen LogP) is 4.36. The minimum atomic E-state index is -0.214. The van der Waals surface area contributed by atoms with Gasteiger partial charge in [0.1, 0.15) is 5.82 Å². The number of carbonyl (C=O) groups is 1. The van der Waals surface area contributed by atoms with Crippen molar-refractivity contribution in [3.05, 3.63) is 81.1 Å². The molecule has 0 saturated carbocycles. The maximum atomic E-state index is 12.7. The van der Waals surface area contributed by atoms with Gasteiger partial charge in [0.25, 0.3) is 5.56 Å². The van der Waals surface area contributed by atoms with Crippen molar-refractivity contribution < 1.29 is 4.79 Å². The van der Waals surface area contributed by atoms with Crippen LogP contribution in [0, 0.1) is 19.8 Å². The molecule has 0 atom stereocenters. The zero-order valence-electron chi connectivity index (χ0n) is 17.6. The summed E-state index contributed by atoms with van der Waals surface area (Å²) in [6.07, 6.45) is 1.46. The molecule has 0 spiro atoms. The molecule has 1 amide bonds. The van der Waals surface area contributed by atoms with E-state index in [0.717, 1.165) is 29.7 Å². The van der Waals surface area contributed by atoms with Gasteiger partial charge in [-0.2, -0.15) is 4.68 Å². The second kappa shape index (κ2) is 8.94. The molecule has 2 aromatic carbocycles. The highest BCUT2D eigenvalue weighted by Gasteiger charge is 2.26. The maximum absolute atomic E-state index is 12.7. The lowest BCUT2D eigenvalue weighted by molar-refractivity contribution is -0.120. The van der Waals surface area contributed by atoms with Crippen LogP contribution in [0.1, 0.15) is 24.0 Å². The molecule has 0 bridgehead atoms. The number of piperidine rings is 1. The van der Waals surface area contributed by atoms with E-state index in [0.29, 0.717) is 29.6 Å². The highest BCUT2D eigenvalue weighted by atomic mass is 35.5. The van der Waals surface area contributed by atoms with E-state index >= 15 is 0 Å². The van der Waals surface area contributed by atoms with Gasteiger partial charge in [-0.25, -0.2) is 0 Å². The van der Waals surface area contributed by atoms with Crippen molar-refractivity contribution in [2.45, 2.75) is 26.7 Å². The average Bonchev–Trinajstić information content (AvgIpc) is 2.73. The molecular weight excluding hydrogens is 412 g/mol. The Hall–Kier alpha value is -3.12. The minimum Gasteiger partial charge on any atom is -0.355 e. The van der Waals surface area contributed by atoms with Crippen LogP contribution < -0.4 is 15.8 Å². The first kappa shape index (κ1) is 21.1. The summed E-state index contributed by atoms with van der Waals surface area (Å²) in [5, 5.41) is 8.14.